The van der Waals surface area contributed by atoms with Gasteiger partial charge in [0.25, 0.3) is 0 Å². The summed E-state index contributed by atoms with van der Waals surface area (Å²) in [5.74, 6) is 0.481. The van der Waals surface area contributed by atoms with E-state index in [1.54, 1.807) is 12.1 Å². The fraction of sp³-hybridized carbons (Fsp3) is 0.600. The van der Waals surface area contributed by atoms with E-state index in [1.807, 2.05) is 7.05 Å². The third kappa shape index (κ3) is 4.61. The standard InChI is InChI=1S/C15H21F3N2O/c1-20(10-11-4-2-5-11)14(9-19)12-6-3-7-13(8-12)21-15(16,17)18/h3,6-8,11,14H,2,4-5,9-10,19H2,1H3. The molecule has 21 heavy (non-hydrogen) atoms. The zero-order valence-corrected chi connectivity index (χ0v) is 12.1. The summed E-state index contributed by atoms with van der Waals surface area (Å²) in [4.78, 5) is 2.12. The highest BCUT2D eigenvalue weighted by molar-refractivity contribution is 5.31. The van der Waals surface area contributed by atoms with Crippen LogP contribution in [0.2, 0.25) is 0 Å². The smallest absolute Gasteiger partial charge is 0.406 e. The van der Waals surface area contributed by atoms with Gasteiger partial charge in [0.15, 0.2) is 0 Å². The molecule has 3 nitrogen and oxygen atoms in total. The number of ether oxygens (including phenoxy) is 1. The van der Waals surface area contributed by atoms with E-state index >= 15 is 0 Å². The summed E-state index contributed by atoms with van der Waals surface area (Å²) < 4.78 is 40.8. The van der Waals surface area contributed by atoms with Gasteiger partial charge in [-0.3, -0.25) is 4.90 Å². The molecule has 1 aromatic rings. The van der Waals surface area contributed by atoms with Gasteiger partial charge in [-0.25, -0.2) is 0 Å². The molecule has 1 aliphatic rings. The van der Waals surface area contributed by atoms with E-state index in [-0.39, 0.29) is 11.8 Å². The first kappa shape index (κ1) is 16.1. The summed E-state index contributed by atoms with van der Waals surface area (Å²) in [6.45, 7) is 1.28. The van der Waals surface area contributed by atoms with E-state index < -0.39 is 6.36 Å². The number of nitrogens with two attached hydrogens (primary N) is 1. The minimum atomic E-state index is -4.67. The zero-order valence-electron chi connectivity index (χ0n) is 12.1. The Balaban J connectivity index is 2.07. The number of likely N-dealkylation sites (N-methyl/N-ethyl adjacent to an activating group) is 1. The molecule has 0 bridgehead atoms. The number of hydrogen-bond acceptors (Lipinski definition) is 3. The van der Waals surface area contributed by atoms with E-state index in [1.165, 1.54) is 31.4 Å². The lowest BCUT2D eigenvalue weighted by Crippen LogP contribution is -2.36. The summed E-state index contributed by atoms with van der Waals surface area (Å²) >= 11 is 0. The second-order valence-electron chi connectivity index (χ2n) is 5.61. The van der Waals surface area contributed by atoms with E-state index in [4.69, 9.17) is 5.73 Å². The van der Waals surface area contributed by atoms with E-state index in [0.717, 1.165) is 12.1 Å². The highest BCUT2D eigenvalue weighted by atomic mass is 19.4. The van der Waals surface area contributed by atoms with Gasteiger partial charge in [0, 0.05) is 19.1 Å². The minimum Gasteiger partial charge on any atom is -0.406 e. The Bertz CT molecular complexity index is 460. The van der Waals surface area contributed by atoms with Crippen molar-refractivity contribution in [2.75, 3.05) is 20.1 Å². The predicted octanol–water partition coefficient (Wildman–Crippen LogP) is 3.32. The minimum absolute atomic E-state index is 0.0950. The first-order valence-corrected chi connectivity index (χ1v) is 7.15. The summed E-state index contributed by atoms with van der Waals surface area (Å²) in [5, 5.41) is 0. The van der Waals surface area contributed by atoms with Crippen LogP contribution in [0.1, 0.15) is 30.9 Å². The molecular formula is C15H21F3N2O. The average molecular weight is 302 g/mol. The third-order valence-corrected chi connectivity index (χ3v) is 4.00. The first-order chi connectivity index (χ1) is 9.89. The fourth-order valence-electron chi connectivity index (χ4n) is 2.70. The molecule has 2 N–H and O–H groups in total. The van der Waals surface area contributed by atoms with Gasteiger partial charge in [0.05, 0.1) is 0 Å². The molecule has 0 heterocycles. The molecule has 1 fully saturated rings. The molecular weight excluding hydrogens is 281 g/mol. The Kier molecular flexibility index (Phi) is 5.11. The van der Waals surface area contributed by atoms with Crippen molar-refractivity contribution in [3.05, 3.63) is 29.8 Å². The molecule has 0 amide bonds. The normalized spacial score (nSPS) is 17.6. The van der Waals surface area contributed by atoms with Crippen molar-refractivity contribution in [2.45, 2.75) is 31.7 Å². The number of benzene rings is 1. The number of hydrogen-bond donors (Lipinski definition) is 1. The van der Waals surface area contributed by atoms with Crippen LogP contribution in [0.5, 0.6) is 5.75 Å². The lowest BCUT2D eigenvalue weighted by molar-refractivity contribution is -0.274. The Hall–Kier alpha value is -1.27. The Labute approximate surface area is 122 Å². The molecule has 0 spiro atoms. The number of nitrogens with zero attached hydrogens (tertiary/aromatic N) is 1. The van der Waals surface area contributed by atoms with Crippen LogP contribution in [0.4, 0.5) is 13.2 Å². The van der Waals surface area contributed by atoms with Gasteiger partial charge in [-0.1, -0.05) is 18.6 Å². The molecule has 1 atom stereocenters. The maximum atomic E-state index is 12.3. The van der Waals surface area contributed by atoms with Gasteiger partial charge in [-0.2, -0.15) is 0 Å². The zero-order chi connectivity index (χ0) is 15.5. The second kappa shape index (κ2) is 6.66. The van der Waals surface area contributed by atoms with Gasteiger partial charge in [-0.15, -0.1) is 13.2 Å². The Morgan fingerprint density at radius 3 is 2.62 bits per heavy atom. The van der Waals surface area contributed by atoms with Crippen LogP contribution in [0.15, 0.2) is 24.3 Å². The molecule has 0 aliphatic heterocycles. The monoisotopic (exact) mass is 302 g/mol. The van der Waals surface area contributed by atoms with Crippen molar-refractivity contribution in [1.82, 2.24) is 4.90 Å². The molecule has 0 radical (unpaired) electrons. The van der Waals surface area contributed by atoms with Crippen LogP contribution in [-0.2, 0) is 0 Å². The molecule has 118 valence electrons. The number of alkyl halides is 3. The van der Waals surface area contributed by atoms with Gasteiger partial charge in [0.1, 0.15) is 5.75 Å². The molecule has 6 heteroatoms. The Morgan fingerprint density at radius 1 is 1.38 bits per heavy atom. The summed E-state index contributed by atoms with van der Waals surface area (Å²) in [6, 6.07) is 5.98. The van der Waals surface area contributed by atoms with Crippen molar-refractivity contribution in [3.63, 3.8) is 0 Å². The van der Waals surface area contributed by atoms with Crippen LogP contribution in [-0.4, -0.2) is 31.4 Å². The summed E-state index contributed by atoms with van der Waals surface area (Å²) in [6.07, 6.45) is -0.965. The average Bonchev–Trinajstić information content (AvgIpc) is 2.33. The first-order valence-electron chi connectivity index (χ1n) is 7.15. The van der Waals surface area contributed by atoms with E-state index in [0.29, 0.717) is 12.5 Å². The highest BCUT2D eigenvalue weighted by Crippen LogP contribution is 2.31. The summed E-state index contributed by atoms with van der Waals surface area (Å²) in [5.41, 5.74) is 6.56. The lowest BCUT2D eigenvalue weighted by Gasteiger charge is -2.34. The molecule has 1 unspecified atom stereocenters. The Morgan fingerprint density at radius 2 is 2.10 bits per heavy atom. The van der Waals surface area contributed by atoms with Gasteiger partial charge in [0.2, 0.25) is 0 Å². The van der Waals surface area contributed by atoms with Crippen LogP contribution in [0.25, 0.3) is 0 Å². The largest absolute Gasteiger partial charge is 0.573 e. The maximum absolute atomic E-state index is 12.3. The maximum Gasteiger partial charge on any atom is 0.573 e. The van der Waals surface area contributed by atoms with Crippen LogP contribution >= 0.6 is 0 Å². The number of rotatable bonds is 6. The molecule has 2 rings (SSSR count). The van der Waals surface area contributed by atoms with Gasteiger partial charge in [-0.05, 0) is 43.5 Å². The van der Waals surface area contributed by atoms with Crippen molar-refractivity contribution < 1.29 is 17.9 Å². The predicted molar refractivity (Wildman–Crippen MR) is 74.9 cm³/mol. The van der Waals surface area contributed by atoms with E-state index in [2.05, 4.69) is 9.64 Å². The molecule has 1 aliphatic carbocycles. The molecule has 0 saturated heterocycles. The quantitative estimate of drug-likeness (QED) is 0.876. The van der Waals surface area contributed by atoms with E-state index in [9.17, 15) is 13.2 Å². The lowest BCUT2D eigenvalue weighted by atomic mass is 9.85. The second-order valence-corrected chi connectivity index (χ2v) is 5.61. The van der Waals surface area contributed by atoms with Crippen LogP contribution < -0.4 is 10.5 Å². The van der Waals surface area contributed by atoms with Crippen molar-refractivity contribution in [2.24, 2.45) is 11.7 Å². The highest BCUT2D eigenvalue weighted by Gasteiger charge is 2.31. The van der Waals surface area contributed by atoms with Crippen molar-refractivity contribution in [1.29, 1.82) is 0 Å². The molecule has 1 saturated carbocycles. The van der Waals surface area contributed by atoms with Crippen LogP contribution in [0, 0.1) is 5.92 Å². The van der Waals surface area contributed by atoms with Crippen molar-refractivity contribution >= 4 is 0 Å². The summed E-state index contributed by atoms with van der Waals surface area (Å²) in [7, 11) is 1.97. The van der Waals surface area contributed by atoms with Crippen molar-refractivity contribution in [3.8, 4) is 5.75 Å². The molecule has 0 aromatic heterocycles. The van der Waals surface area contributed by atoms with Crippen LogP contribution in [0.3, 0.4) is 0 Å². The van der Waals surface area contributed by atoms with Gasteiger partial charge >= 0.3 is 6.36 Å². The van der Waals surface area contributed by atoms with Gasteiger partial charge < -0.3 is 10.5 Å². The SMILES string of the molecule is CN(CC1CCC1)C(CN)c1cccc(OC(F)(F)F)c1. The molecule has 1 aromatic carbocycles. The third-order valence-electron chi connectivity index (χ3n) is 4.00. The topological polar surface area (TPSA) is 38.5 Å². The fourth-order valence-corrected chi connectivity index (χ4v) is 2.70. The number of halogens is 3.